The van der Waals surface area contributed by atoms with E-state index in [2.05, 4.69) is 10.2 Å². The molecule has 0 N–H and O–H groups in total. The Hall–Kier alpha value is -0.610. The fraction of sp³-hybridized carbons (Fsp3) is 0.750. The topological polar surface area (TPSA) is 39.9 Å². The number of alkyl halides is 1. The zero-order valence-corrected chi connectivity index (χ0v) is 8.88. The van der Waals surface area contributed by atoms with E-state index in [1.807, 2.05) is 18.4 Å². The number of aromatic nitrogens is 3. The maximum absolute atomic E-state index is 5.71. The molecule has 1 atom stereocenters. The maximum Gasteiger partial charge on any atom is 0.161 e. The fourth-order valence-electron chi connectivity index (χ4n) is 1.20. The number of ether oxygens (including phenoxy) is 1. The summed E-state index contributed by atoms with van der Waals surface area (Å²) in [4.78, 5) is 0. The summed E-state index contributed by atoms with van der Waals surface area (Å²) in [5.74, 6) is 2.01. The van der Waals surface area contributed by atoms with Gasteiger partial charge in [0.25, 0.3) is 0 Å². The first-order valence-corrected chi connectivity index (χ1v) is 4.78. The molecule has 0 saturated carbocycles. The second-order valence-electron chi connectivity index (χ2n) is 2.73. The molecule has 1 unspecified atom stereocenters. The minimum absolute atomic E-state index is 0.0376. The summed E-state index contributed by atoms with van der Waals surface area (Å²) in [7, 11) is 1.65. The van der Waals surface area contributed by atoms with Gasteiger partial charge in [0, 0.05) is 13.7 Å². The van der Waals surface area contributed by atoms with E-state index in [4.69, 9.17) is 16.3 Å². The number of nitrogens with zero attached hydrogens (tertiary/aromatic N) is 3. The van der Waals surface area contributed by atoms with Crippen LogP contribution in [0, 0.1) is 0 Å². The normalized spacial score (nSPS) is 13.2. The van der Waals surface area contributed by atoms with Crippen molar-refractivity contribution in [3.63, 3.8) is 0 Å². The van der Waals surface area contributed by atoms with E-state index in [9.17, 15) is 0 Å². The highest BCUT2D eigenvalue weighted by atomic mass is 35.5. The predicted octanol–water partition coefficient (Wildman–Crippen LogP) is 1.74. The number of methoxy groups -OCH3 is 1. The van der Waals surface area contributed by atoms with Crippen LogP contribution < -0.4 is 0 Å². The molecule has 0 aliphatic rings. The molecule has 0 fully saturated rings. The summed E-state index contributed by atoms with van der Waals surface area (Å²) >= 11 is 5.71. The Morgan fingerprint density at radius 2 is 2.23 bits per heavy atom. The lowest BCUT2D eigenvalue weighted by atomic mass is 10.3. The Morgan fingerprint density at radius 3 is 2.69 bits per heavy atom. The molecule has 0 aliphatic heterocycles. The molecule has 1 aromatic rings. The molecule has 74 valence electrons. The van der Waals surface area contributed by atoms with Crippen molar-refractivity contribution in [2.75, 3.05) is 7.11 Å². The molecule has 0 radical (unpaired) electrons. The highest BCUT2D eigenvalue weighted by Crippen LogP contribution is 2.15. The minimum Gasteiger partial charge on any atom is -0.374 e. The lowest BCUT2D eigenvalue weighted by Crippen LogP contribution is -2.09. The van der Waals surface area contributed by atoms with Gasteiger partial charge in [-0.2, -0.15) is 0 Å². The third-order valence-corrected chi connectivity index (χ3v) is 2.25. The summed E-state index contributed by atoms with van der Waals surface area (Å²) in [6, 6.07) is 0. The van der Waals surface area contributed by atoms with Crippen molar-refractivity contribution in [3.05, 3.63) is 11.6 Å². The van der Waals surface area contributed by atoms with Crippen LogP contribution in [0.15, 0.2) is 0 Å². The standard InChI is InChI=1S/C8H14ClN3O/c1-4-12-7(5-9)10-11-8(12)6(2)13-3/h6H,4-5H2,1-3H3. The number of halogens is 1. The highest BCUT2D eigenvalue weighted by molar-refractivity contribution is 6.16. The van der Waals surface area contributed by atoms with Crippen LogP contribution in [-0.4, -0.2) is 21.9 Å². The molecule has 1 heterocycles. The molecular formula is C8H14ClN3O. The van der Waals surface area contributed by atoms with Crippen LogP contribution >= 0.6 is 11.6 Å². The third-order valence-electron chi connectivity index (χ3n) is 2.01. The Balaban J connectivity index is 3.00. The Bertz CT molecular complexity index is 274. The summed E-state index contributed by atoms with van der Waals surface area (Å²) in [5, 5.41) is 8.01. The largest absolute Gasteiger partial charge is 0.374 e. The van der Waals surface area contributed by atoms with Gasteiger partial charge in [0.1, 0.15) is 11.9 Å². The first-order chi connectivity index (χ1) is 6.24. The third kappa shape index (κ3) is 2.00. The molecule has 1 aromatic heterocycles. The maximum atomic E-state index is 5.71. The van der Waals surface area contributed by atoms with E-state index in [-0.39, 0.29) is 6.10 Å². The van der Waals surface area contributed by atoms with Gasteiger partial charge >= 0.3 is 0 Å². The minimum atomic E-state index is -0.0376. The molecule has 0 aliphatic carbocycles. The van der Waals surface area contributed by atoms with Gasteiger partial charge in [-0.05, 0) is 13.8 Å². The van der Waals surface area contributed by atoms with Gasteiger partial charge in [0.2, 0.25) is 0 Å². The van der Waals surface area contributed by atoms with Crippen LogP contribution in [0.5, 0.6) is 0 Å². The van der Waals surface area contributed by atoms with Crippen molar-refractivity contribution >= 4 is 11.6 Å². The van der Waals surface area contributed by atoms with Crippen LogP contribution in [0.2, 0.25) is 0 Å². The van der Waals surface area contributed by atoms with Gasteiger partial charge in [-0.1, -0.05) is 0 Å². The van der Waals surface area contributed by atoms with E-state index < -0.39 is 0 Å². The molecule has 13 heavy (non-hydrogen) atoms. The van der Waals surface area contributed by atoms with Gasteiger partial charge in [0.05, 0.1) is 5.88 Å². The number of rotatable bonds is 4. The average Bonchev–Trinajstić information content (AvgIpc) is 2.58. The van der Waals surface area contributed by atoms with Crippen LogP contribution in [0.4, 0.5) is 0 Å². The quantitative estimate of drug-likeness (QED) is 0.700. The Labute approximate surface area is 82.9 Å². The van der Waals surface area contributed by atoms with Gasteiger partial charge in [-0.25, -0.2) is 0 Å². The van der Waals surface area contributed by atoms with E-state index >= 15 is 0 Å². The molecule has 0 spiro atoms. The smallest absolute Gasteiger partial charge is 0.161 e. The summed E-state index contributed by atoms with van der Waals surface area (Å²) < 4.78 is 7.14. The molecule has 0 bridgehead atoms. The first kappa shape index (κ1) is 10.5. The van der Waals surface area contributed by atoms with Gasteiger partial charge in [-0.15, -0.1) is 21.8 Å². The number of hydrogen-bond donors (Lipinski definition) is 0. The fourth-order valence-corrected chi connectivity index (χ4v) is 1.40. The average molecular weight is 204 g/mol. The van der Waals surface area contributed by atoms with Crippen molar-refractivity contribution in [1.29, 1.82) is 0 Å². The number of hydrogen-bond acceptors (Lipinski definition) is 3. The van der Waals surface area contributed by atoms with E-state index in [1.165, 1.54) is 0 Å². The van der Waals surface area contributed by atoms with Crippen LogP contribution in [-0.2, 0) is 17.2 Å². The van der Waals surface area contributed by atoms with Crippen molar-refractivity contribution in [2.24, 2.45) is 0 Å². The molecule has 0 saturated heterocycles. The second kappa shape index (κ2) is 4.58. The van der Waals surface area contributed by atoms with Gasteiger partial charge in [0.15, 0.2) is 5.82 Å². The monoisotopic (exact) mass is 203 g/mol. The zero-order chi connectivity index (χ0) is 9.84. The van der Waals surface area contributed by atoms with E-state index in [0.29, 0.717) is 5.88 Å². The summed E-state index contributed by atoms with van der Waals surface area (Å²) in [6.07, 6.45) is -0.0376. The molecule has 0 aromatic carbocycles. The van der Waals surface area contributed by atoms with Crippen molar-refractivity contribution < 1.29 is 4.74 Å². The van der Waals surface area contributed by atoms with Crippen molar-refractivity contribution in [1.82, 2.24) is 14.8 Å². The second-order valence-corrected chi connectivity index (χ2v) is 3.00. The van der Waals surface area contributed by atoms with E-state index in [1.54, 1.807) is 7.11 Å². The molecule has 5 heteroatoms. The highest BCUT2D eigenvalue weighted by Gasteiger charge is 2.15. The Morgan fingerprint density at radius 1 is 1.54 bits per heavy atom. The summed E-state index contributed by atoms with van der Waals surface area (Å²) in [5.41, 5.74) is 0. The molecule has 1 rings (SSSR count). The van der Waals surface area contributed by atoms with Crippen molar-refractivity contribution in [2.45, 2.75) is 32.4 Å². The first-order valence-electron chi connectivity index (χ1n) is 4.25. The van der Waals surface area contributed by atoms with Gasteiger partial charge < -0.3 is 9.30 Å². The van der Waals surface area contributed by atoms with Crippen LogP contribution in [0.3, 0.4) is 0 Å². The SMILES string of the molecule is CCn1c(CCl)nnc1C(C)OC. The van der Waals surface area contributed by atoms with E-state index in [0.717, 1.165) is 18.2 Å². The lowest BCUT2D eigenvalue weighted by molar-refractivity contribution is 0.108. The zero-order valence-electron chi connectivity index (χ0n) is 8.12. The van der Waals surface area contributed by atoms with Crippen LogP contribution in [0.25, 0.3) is 0 Å². The van der Waals surface area contributed by atoms with Crippen molar-refractivity contribution in [3.8, 4) is 0 Å². The summed E-state index contributed by atoms with van der Waals surface area (Å²) in [6.45, 7) is 4.79. The van der Waals surface area contributed by atoms with Crippen LogP contribution in [0.1, 0.15) is 31.6 Å². The lowest BCUT2D eigenvalue weighted by Gasteiger charge is -2.10. The molecule has 4 nitrogen and oxygen atoms in total. The Kier molecular flexibility index (Phi) is 3.69. The molecule has 0 amide bonds. The molecular weight excluding hydrogens is 190 g/mol. The predicted molar refractivity (Wildman–Crippen MR) is 50.7 cm³/mol. The van der Waals surface area contributed by atoms with Gasteiger partial charge in [-0.3, -0.25) is 0 Å².